The van der Waals surface area contributed by atoms with Crippen molar-refractivity contribution in [2.45, 2.75) is 19.0 Å². The summed E-state index contributed by atoms with van der Waals surface area (Å²) in [6.07, 6.45) is -0.00930. The number of esters is 1. The van der Waals surface area contributed by atoms with Crippen LogP contribution in [-0.4, -0.2) is 36.0 Å². The van der Waals surface area contributed by atoms with Gasteiger partial charge >= 0.3 is 5.97 Å². The third kappa shape index (κ3) is 4.75. The van der Waals surface area contributed by atoms with E-state index >= 15 is 0 Å². The molecule has 1 N–H and O–H groups in total. The molecule has 1 fully saturated rings. The van der Waals surface area contributed by atoms with Crippen molar-refractivity contribution in [1.82, 2.24) is 4.90 Å². The first-order chi connectivity index (χ1) is 12.5. The lowest BCUT2D eigenvalue weighted by Gasteiger charge is -2.33. The topological polar surface area (TPSA) is 58.6 Å². The van der Waals surface area contributed by atoms with Crippen LogP contribution in [0.15, 0.2) is 48.5 Å². The zero-order valence-electron chi connectivity index (χ0n) is 14.0. The summed E-state index contributed by atoms with van der Waals surface area (Å²) in [5.74, 6) is -0.694. The van der Waals surface area contributed by atoms with Gasteiger partial charge in [0.05, 0.1) is 17.1 Å². The number of benzene rings is 2. The van der Waals surface area contributed by atoms with Crippen LogP contribution in [0.25, 0.3) is 0 Å². The molecule has 0 radical (unpaired) electrons. The number of cyclic esters (lactones) is 1. The van der Waals surface area contributed by atoms with Gasteiger partial charge in [0.1, 0.15) is 12.6 Å². The fourth-order valence-electron chi connectivity index (χ4n) is 2.85. The van der Waals surface area contributed by atoms with Gasteiger partial charge < -0.3 is 10.1 Å². The van der Waals surface area contributed by atoms with E-state index in [9.17, 15) is 9.59 Å². The van der Waals surface area contributed by atoms with E-state index < -0.39 is 6.04 Å². The lowest BCUT2D eigenvalue weighted by atomic mass is 10.1. The van der Waals surface area contributed by atoms with E-state index in [1.165, 1.54) is 0 Å². The van der Waals surface area contributed by atoms with Crippen LogP contribution in [0.3, 0.4) is 0 Å². The molecule has 1 heterocycles. The van der Waals surface area contributed by atoms with Crippen LogP contribution in [0.2, 0.25) is 10.0 Å². The maximum absolute atomic E-state index is 12.4. The molecule has 5 nitrogen and oxygen atoms in total. The van der Waals surface area contributed by atoms with Gasteiger partial charge in [-0.2, -0.15) is 0 Å². The van der Waals surface area contributed by atoms with Gasteiger partial charge in [-0.15, -0.1) is 0 Å². The summed E-state index contributed by atoms with van der Waals surface area (Å²) in [5.41, 5.74) is 1.54. The summed E-state index contributed by atoms with van der Waals surface area (Å²) < 4.78 is 5.14. The molecule has 1 unspecified atom stereocenters. The van der Waals surface area contributed by atoms with Gasteiger partial charge in [0.15, 0.2) is 0 Å². The van der Waals surface area contributed by atoms with Gasteiger partial charge in [-0.05, 0) is 23.8 Å². The SMILES string of the molecule is O=C(CC1C(=O)OCCN1Cc1ccccc1)Nc1ccc(Cl)cc1Cl. The van der Waals surface area contributed by atoms with Crippen molar-refractivity contribution >= 4 is 40.8 Å². The van der Waals surface area contributed by atoms with Crippen molar-refractivity contribution in [3.63, 3.8) is 0 Å². The molecule has 1 atom stereocenters. The van der Waals surface area contributed by atoms with Crippen LogP contribution in [0, 0.1) is 0 Å². The summed E-state index contributed by atoms with van der Waals surface area (Å²) in [6, 6.07) is 14.0. The molecule has 0 saturated carbocycles. The summed E-state index contributed by atoms with van der Waals surface area (Å²) in [6.45, 7) is 1.49. The Morgan fingerprint density at radius 1 is 1.19 bits per heavy atom. The molecule has 1 aliphatic heterocycles. The predicted molar refractivity (Wildman–Crippen MR) is 101 cm³/mol. The summed E-state index contributed by atoms with van der Waals surface area (Å²) in [5, 5.41) is 3.56. The molecule has 0 spiro atoms. The first-order valence-electron chi connectivity index (χ1n) is 8.22. The second kappa shape index (κ2) is 8.54. The number of anilines is 1. The molecule has 26 heavy (non-hydrogen) atoms. The number of nitrogens with one attached hydrogen (secondary N) is 1. The minimum Gasteiger partial charge on any atom is -0.463 e. The lowest BCUT2D eigenvalue weighted by molar-refractivity contribution is -0.159. The molecular formula is C19H18Cl2N2O3. The molecule has 2 aromatic rings. The average Bonchev–Trinajstić information content (AvgIpc) is 2.61. The molecule has 0 aromatic heterocycles. The Morgan fingerprint density at radius 3 is 2.69 bits per heavy atom. The van der Waals surface area contributed by atoms with Crippen molar-refractivity contribution in [2.24, 2.45) is 0 Å². The molecule has 0 bridgehead atoms. The molecule has 3 rings (SSSR count). The number of nitrogens with zero attached hydrogens (tertiary/aromatic N) is 1. The zero-order chi connectivity index (χ0) is 18.5. The van der Waals surface area contributed by atoms with Gasteiger partial charge in [0.2, 0.25) is 5.91 Å². The fourth-order valence-corrected chi connectivity index (χ4v) is 3.31. The quantitative estimate of drug-likeness (QED) is 0.787. The minimum absolute atomic E-state index is 0.00930. The van der Waals surface area contributed by atoms with Crippen LogP contribution in [0.1, 0.15) is 12.0 Å². The second-order valence-corrected chi connectivity index (χ2v) is 6.86. The molecule has 1 aliphatic rings. The largest absolute Gasteiger partial charge is 0.463 e. The highest BCUT2D eigenvalue weighted by molar-refractivity contribution is 6.36. The number of halogens is 2. The number of hydrogen-bond acceptors (Lipinski definition) is 4. The molecule has 1 saturated heterocycles. The number of morpholine rings is 1. The smallest absolute Gasteiger partial charge is 0.323 e. The third-order valence-corrected chi connectivity index (χ3v) is 4.70. The number of rotatable bonds is 5. The Labute approximate surface area is 161 Å². The van der Waals surface area contributed by atoms with Gasteiger partial charge in [-0.1, -0.05) is 53.5 Å². The predicted octanol–water partition coefficient (Wildman–Crippen LogP) is 3.75. The van der Waals surface area contributed by atoms with Crippen LogP contribution >= 0.6 is 23.2 Å². The first kappa shape index (κ1) is 18.7. The van der Waals surface area contributed by atoms with Crippen molar-refractivity contribution < 1.29 is 14.3 Å². The van der Waals surface area contributed by atoms with Crippen LogP contribution < -0.4 is 5.32 Å². The molecule has 7 heteroatoms. The van der Waals surface area contributed by atoms with Crippen LogP contribution in [0.5, 0.6) is 0 Å². The van der Waals surface area contributed by atoms with Crippen LogP contribution in [-0.2, 0) is 20.9 Å². The summed E-state index contributed by atoms with van der Waals surface area (Å²) >= 11 is 11.9. The zero-order valence-corrected chi connectivity index (χ0v) is 15.5. The molecule has 0 aliphatic carbocycles. The normalized spacial score (nSPS) is 17.6. The average molecular weight is 393 g/mol. The number of ether oxygens (including phenoxy) is 1. The van der Waals surface area contributed by atoms with Crippen LogP contribution in [0.4, 0.5) is 5.69 Å². The van der Waals surface area contributed by atoms with Crippen molar-refractivity contribution in [2.75, 3.05) is 18.5 Å². The van der Waals surface area contributed by atoms with Crippen molar-refractivity contribution in [3.05, 3.63) is 64.1 Å². The Balaban J connectivity index is 1.68. The van der Waals surface area contributed by atoms with Gasteiger partial charge in [0, 0.05) is 18.1 Å². The van der Waals surface area contributed by atoms with E-state index in [0.29, 0.717) is 35.4 Å². The van der Waals surface area contributed by atoms with E-state index in [1.54, 1.807) is 18.2 Å². The molecular weight excluding hydrogens is 375 g/mol. The first-order valence-corrected chi connectivity index (χ1v) is 8.98. The highest BCUT2D eigenvalue weighted by Gasteiger charge is 2.33. The molecule has 136 valence electrons. The molecule has 2 aromatic carbocycles. The van der Waals surface area contributed by atoms with Crippen molar-refractivity contribution in [3.8, 4) is 0 Å². The highest BCUT2D eigenvalue weighted by Crippen LogP contribution is 2.26. The maximum Gasteiger partial charge on any atom is 0.323 e. The fraction of sp³-hybridized carbons (Fsp3) is 0.263. The number of carbonyl (C=O) groups is 2. The van der Waals surface area contributed by atoms with Gasteiger partial charge in [0.25, 0.3) is 0 Å². The lowest BCUT2D eigenvalue weighted by Crippen LogP contribution is -2.49. The summed E-state index contributed by atoms with van der Waals surface area (Å²) in [7, 11) is 0. The Kier molecular flexibility index (Phi) is 6.14. The van der Waals surface area contributed by atoms with E-state index in [1.807, 2.05) is 35.2 Å². The Hall–Kier alpha value is -2.08. The monoisotopic (exact) mass is 392 g/mol. The van der Waals surface area contributed by atoms with E-state index in [2.05, 4.69) is 5.32 Å². The summed E-state index contributed by atoms with van der Waals surface area (Å²) in [4.78, 5) is 26.6. The maximum atomic E-state index is 12.4. The third-order valence-electron chi connectivity index (χ3n) is 4.15. The van der Waals surface area contributed by atoms with Gasteiger partial charge in [-0.3, -0.25) is 14.5 Å². The van der Waals surface area contributed by atoms with E-state index in [0.717, 1.165) is 5.56 Å². The van der Waals surface area contributed by atoms with E-state index in [-0.39, 0.29) is 18.3 Å². The van der Waals surface area contributed by atoms with Gasteiger partial charge in [-0.25, -0.2) is 0 Å². The second-order valence-electron chi connectivity index (χ2n) is 6.02. The molecule has 1 amide bonds. The minimum atomic E-state index is -0.630. The van der Waals surface area contributed by atoms with E-state index in [4.69, 9.17) is 27.9 Å². The number of carbonyl (C=O) groups excluding carboxylic acids is 2. The Morgan fingerprint density at radius 2 is 1.96 bits per heavy atom. The highest BCUT2D eigenvalue weighted by atomic mass is 35.5. The Bertz CT molecular complexity index is 799. The van der Waals surface area contributed by atoms with Crippen molar-refractivity contribution in [1.29, 1.82) is 0 Å². The number of amides is 1. The standard InChI is InChI=1S/C19H18Cl2N2O3/c20-14-6-7-16(15(21)10-14)22-18(24)11-17-19(25)26-9-8-23(17)12-13-4-2-1-3-5-13/h1-7,10,17H,8-9,11-12H2,(H,22,24). The number of hydrogen-bond donors (Lipinski definition) is 1.